The van der Waals surface area contributed by atoms with E-state index in [0.717, 1.165) is 35.5 Å². The maximum atomic E-state index is 13.1. The topological polar surface area (TPSA) is 95.3 Å². The molecule has 0 fully saturated rings. The van der Waals surface area contributed by atoms with Crippen molar-refractivity contribution in [1.29, 1.82) is 0 Å². The molecule has 0 aliphatic heterocycles. The van der Waals surface area contributed by atoms with Crippen molar-refractivity contribution in [3.63, 3.8) is 0 Å². The van der Waals surface area contributed by atoms with Crippen LogP contribution in [0.15, 0.2) is 42.1 Å². The van der Waals surface area contributed by atoms with Crippen molar-refractivity contribution in [3.05, 3.63) is 64.3 Å². The molecule has 0 radical (unpaired) electrons. The summed E-state index contributed by atoms with van der Waals surface area (Å²) in [5.74, 6) is 1.47. The Morgan fingerprint density at radius 3 is 2.66 bits per heavy atom. The first-order chi connectivity index (χ1) is 19.5. The highest BCUT2D eigenvalue weighted by atomic mass is 32.2. The van der Waals surface area contributed by atoms with Crippen LogP contribution in [0.25, 0.3) is 0 Å². The molecule has 0 saturated carbocycles. The molecule has 220 valence electrons. The molecule has 41 heavy (non-hydrogen) atoms. The number of esters is 1. The van der Waals surface area contributed by atoms with Crippen molar-refractivity contribution in [2.45, 2.75) is 84.0 Å². The first-order valence-corrected chi connectivity index (χ1v) is 15.9. The van der Waals surface area contributed by atoms with Gasteiger partial charge < -0.3 is 14.8 Å². The van der Waals surface area contributed by atoms with Gasteiger partial charge in [0.1, 0.15) is 10.8 Å². The molecule has 1 aliphatic carbocycles. The third-order valence-corrected chi connectivity index (χ3v) is 9.17. The smallest absolute Gasteiger partial charge is 0.341 e. The van der Waals surface area contributed by atoms with Gasteiger partial charge in [0.25, 0.3) is 0 Å². The van der Waals surface area contributed by atoms with Crippen molar-refractivity contribution in [2.75, 3.05) is 17.7 Å². The summed E-state index contributed by atoms with van der Waals surface area (Å²) in [5.41, 5.74) is 2.83. The molecule has 1 amide bonds. The molecule has 2 aromatic heterocycles. The van der Waals surface area contributed by atoms with E-state index < -0.39 is 0 Å². The van der Waals surface area contributed by atoms with Crippen LogP contribution in [0.5, 0.6) is 5.75 Å². The third-order valence-electron chi connectivity index (χ3n) is 7.03. The molecule has 4 rings (SSSR count). The van der Waals surface area contributed by atoms with Crippen LogP contribution in [0.4, 0.5) is 5.00 Å². The summed E-state index contributed by atoms with van der Waals surface area (Å²) in [6, 6.07) is 8.10. The van der Waals surface area contributed by atoms with E-state index in [1.54, 1.807) is 13.0 Å². The molecule has 1 aliphatic rings. The highest BCUT2D eigenvalue weighted by Gasteiger charge is 2.29. The summed E-state index contributed by atoms with van der Waals surface area (Å²) < 4.78 is 13.4. The van der Waals surface area contributed by atoms with Crippen LogP contribution in [-0.2, 0) is 34.3 Å². The van der Waals surface area contributed by atoms with Gasteiger partial charge in [0.2, 0.25) is 5.91 Å². The molecule has 0 bridgehead atoms. The average molecular weight is 597 g/mol. The Morgan fingerprint density at radius 1 is 1.27 bits per heavy atom. The van der Waals surface area contributed by atoms with Crippen LogP contribution >= 0.6 is 23.1 Å². The summed E-state index contributed by atoms with van der Waals surface area (Å²) in [6.07, 6.45) is 4.15. The molecule has 1 N–H and O–H groups in total. The van der Waals surface area contributed by atoms with Crippen LogP contribution in [0, 0.1) is 5.92 Å². The van der Waals surface area contributed by atoms with E-state index in [-0.39, 0.29) is 35.8 Å². The monoisotopic (exact) mass is 596 g/mol. The Morgan fingerprint density at radius 2 is 2.00 bits per heavy atom. The van der Waals surface area contributed by atoms with E-state index in [1.807, 2.05) is 23.6 Å². The Balaban J connectivity index is 1.45. The van der Waals surface area contributed by atoms with Gasteiger partial charge in [-0.25, -0.2) is 4.79 Å². The Hall–Kier alpha value is -3.11. The van der Waals surface area contributed by atoms with Gasteiger partial charge in [-0.3, -0.25) is 9.36 Å². The number of nitrogens with one attached hydrogen (secondary N) is 1. The second-order valence-electron chi connectivity index (χ2n) is 11.4. The van der Waals surface area contributed by atoms with Crippen molar-refractivity contribution in [1.82, 2.24) is 14.8 Å². The number of benzene rings is 1. The van der Waals surface area contributed by atoms with E-state index >= 15 is 0 Å². The first-order valence-electron chi connectivity index (χ1n) is 14.1. The van der Waals surface area contributed by atoms with Gasteiger partial charge in [0.05, 0.1) is 17.9 Å². The largest absolute Gasteiger partial charge is 0.483 e. The van der Waals surface area contributed by atoms with Crippen molar-refractivity contribution >= 4 is 40.0 Å². The quantitative estimate of drug-likeness (QED) is 0.145. The molecule has 2 atom stereocenters. The highest BCUT2D eigenvalue weighted by Crippen LogP contribution is 2.40. The lowest BCUT2D eigenvalue weighted by molar-refractivity contribution is -0.113. The van der Waals surface area contributed by atoms with E-state index in [9.17, 15) is 9.59 Å². The number of allylic oxidation sites excluding steroid dienone is 1. The van der Waals surface area contributed by atoms with Gasteiger partial charge in [-0.05, 0) is 67.7 Å². The second-order valence-corrected chi connectivity index (χ2v) is 13.4. The number of carbonyl (C=O) groups is 2. The molecule has 1 aromatic carbocycles. The number of aromatic nitrogens is 3. The van der Waals surface area contributed by atoms with Crippen molar-refractivity contribution in [2.24, 2.45) is 5.92 Å². The van der Waals surface area contributed by atoms with Gasteiger partial charge >= 0.3 is 5.97 Å². The Kier molecular flexibility index (Phi) is 9.96. The normalized spacial score (nSPS) is 15.6. The van der Waals surface area contributed by atoms with Crippen LogP contribution in [0.3, 0.4) is 0 Å². The van der Waals surface area contributed by atoms with Crippen molar-refractivity contribution < 1.29 is 19.1 Å². The van der Waals surface area contributed by atoms with Gasteiger partial charge in [0, 0.05) is 11.4 Å². The predicted octanol–water partition coefficient (Wildman–Crippen LogP) is 7.00. The van der Waals surface area contributed by atoms with Gasteiger partial charge in [-0.1, -0.05) is 57.7 Å². The summed E-state index contributed by atoms with van der Waals surface area (Å²) in [6.45, 7) is 17.1. The Bertz CT molecular complexity index is 1390. The average Bonchev–Trinajstić information content (AvgIpc) is 3.48. The minimum Gasteiger partial charge on any atom is -0.483 e. The zero-order valence-electron chi connectivity index (χ0n) is 24.8. The molecule has 0 spiro atoms. The zero-order chi connectivity index (χ0) is 29.7. The fourth-order valence-electron chi connectivity index (χ4n) is 4.85. The Labute approximate surface area is 250 Å². The maximum Gasteiger partial charge on any atom is 0.341 e. The molecule has 0 saturated heterocycles. The fourth-order valence-corrected chi connectivity index (χ4v) is 7.02. The van der Waals surface area contributed by atoms with E-state index in [4.69, 9.17) is 9.47 Å². The third kappa shape index (κ3) is 7.40. The van der Waals surface area contributed by atoms with Crippen LogP contribution in [0.1, 0.15) is 86.3 Å². The number of rotatable bonds is 11. The number of fused-ring (bicyclic) bond motifs is 1. The number of thioether (sulfide) groups is 1. The summed E-state index contributed by atoms with van der Waals surface area (Å²) in [7, 11) is 0. The predicted molar refractivity (Wildman–Crippen MR) is 165 cm³/mol. The molecule has 8 nitrogen and oxygen atoms in total. The lowest BCUT2D eigenvalue weighted by Crippen LogP contribution is -2.18. The molecular weight excluding hydrogens is 556 g/mol. The zero-order valence-corrected chi connectivity index (χ0v) is 26.4. The summed E-state index contributed by atoms with van der Waals surface area (Å²) in [4.78, 5) is 27.0. The summed E-state index contributed by atoms with van der Waals surface area (Å²) in [5, 5.41) is 12.9. The molecule has 2 unspecified atom stereocenters. The first kappa shape index (κ1) is 30.8. The van der Waals surface area contributed by atoms with Crippen LogP contribution in [-0.4, -0.2) is 39.0 Å². The van der Waals surface area contributed by atoms with E-state index in [2.05, 4.69) is 61.9 Å². The summed E-state index contributed by atoms with van der Waals surface area (Å²) >= 11 is 2.77. The minimum atomic E-state index is -0.375. The van der Waals surface area contributed by atoms with E-state index in [1.165, 1.54) is 28.7 Å². The molecule has 2 heterocycles. The lowest BCUT2D eigenvalue weighted by Gasteiger charge is -2.20. The SMILES string of the molecule is C=CCn1c(SCC(=O)Nc2sc3c(c2C(=O)OCC)CCC(C)C3)nnc1C(C)Oc1ccc(C(C)(C)C)cc1. The number of nitrogens with zero attached hydrogens (tertiary/aromatic N) is 3. The van der Waals surface area contributed by atoms with Crippen LogP contribution in [0.2, 0.25) is 0 Å². The van der Waals surface area contributed by atoms with E-state index in [0.29, 0.717) is 34.0 Å². The minimum absolute atomic E-state index is 0.0640. The van der Waals surface area contributed by atoms with Gasteiger partial charge in [-0.15, -0.1) is 28.1 Å². The van der Waals surface area contributed by atoms with Gasteiger partial charge in [0.15, 0.2) is 17.1 Å². The molecule has 3 aromatic rings. The number of hydrogen-bond donors (Lipinski definition) is 1. The highest BCUT2D eigenvalue weighted by molar-refractivity contribution is 7.99. The number of ether oxygens (including phenoxy) is 2. The second kappa shape index (κ2) is 13.2. The standard InChI is InChI=1S/C31H40N4O4S2/c1-8-16-35-27(20(4)39-22-13-11-21(12-14-22)31(5,6)7)33-34-30(35)40-18-25(36)32-28-26(29(37)38-9-2)23-15-10-19(3)17-24(23)41-28/h8,11-14,19-20H,1,9-10,15-18H2,2-7H3,(H,32,36). The number of anilines is 1. The molecular formula is C31H40N4O4S2. The number of carbonyl (C=O) groups excluding carboxylic acids is 2. The number of hydrogen-bond acceptors (Lipinski definition) is 8. The molecule has 10 heteroatoms. The fraction of sp³-hybridized carbons (Fsp3) is 0.484. The maximum absolute atomic E-state index is 13.1. The number of thiophene rings is 1. The number of amides is 1. The lowest BCUT2D eigenvalue weighted by atomic mass is 9.87. The van der Waals surface area contributed by atoms with Crippen molar-refractivity contribution in [3.8, 4) is 5.75 Å². The van der Waals surface area contributed by atoms with Crippen LogP contribution < -0.4 is 10.1 Å². The van der Waals surface area contributed by atoms with Gasteiger partial charge in [-0.2, -0.15) is 0 Å².